The molecule has 2 fully saturated rings. The van der Waals surface area contributed by atoms with Crippen LogP contribution < -0.4 is 0 Å². The number of esters is 2. The van der Waals surface area contributed by atoms with Gasteiger partial charge in [-0.05, 0) is 13.8 Å². The van der Waals surface area contributed by atoms with Gasteiger partial charge in [-0.3, -0.25) is 9.59 Å². The second-order valence-corrected chi connectivity index (χ2v) is 4.82. The lowest BCUT2D eigenvalue weighted by atomic mass is 9.85. The maximum absolute atomic E-state index is 11.8. The van der Waals surface area contributed by atoms with E-state index in [1.807, 2.05) is 26.0 Å². The van der Waals surface area contributed by atoms with E-state index in [0.29, 0.717) is 13.2 Å². The van der Waals surface area contributed by atoms with Crippen molar-refractivity contribution in [3.63, 3.8) is 0 Å². The highest BCUT2D eigenvalue weighted by molar-refractivity contribution is 5.98. The number of carbonyl (C=O) groups is 2. The van der Waals surface area contributed by atoms with E-state index < -0.39 is 29.6 Å². The minimum Gasteiger partial charge on any atom is -0.393 e. The van der Waals surface area contributed by atoms with E-state index in [-0.39, 0.29) is 11.8 Å². The number of rotatable bonds is 4. The van der Waals surface area contributed by atoms with Gasteiger partial charge in [0.15, 0.2) is 5.79 Å². The molecule has 2 aliphatic carbocycles. The van der Waals surface area contributed by atoms with Crippen molar-refractivity contribution in [2.75, 3.05) is 13.2 Å². The van der Waals surface area contributed by atoms with E-state index in [0.717, 1.165) is 0 Å². The standard InChI is InChI=1S/C13H16O5/c1-3-16-13(17-4-2)7-5-6-8(13)10-9(7)11(14)18-12(10)15/h5-10H,3-4H2,1-2H3/t7-,8-,9+,10+/m0/s1. The Bertz CT molecular complexity index is 389. The number of ether oxygens (including phenoxy) is 3. The summed E-state index contributed by atoms with van der Waals surface area (Å²) in [6.07, 6.45) is 3.86. The number of hydrogen-bond acceptors (Lipinski definition) is 5. The molecule has 5 nitrogen and oxygen atoms in total. The molecule has 3 aliphatic rings. The third kappa shape index (κ3) is 1.23. The van der Waals surface area contributed by atoms with Crippen LogP contribution in [0.5, 0.6) is 0 Å². The van der Waals surface area contributed by atoms with Gasteiger partial charge < -0.3 is 14.2 Å². The lowest BCUT2D eigenvalue weighted by molar-refractivity contribution is -0.260. The second kappa shape index (κ2) is 3.90. The largest absolute Gasteiger partial charge is 0.393 e. The van der Waals surface area contributed by atoms with Gasteiger partial charge >= 0.3 is 11.9 Å². The van der Waals surface area contributed by atoms with Crippen molar-refractivity contribution in [3.05, 3.63) is 12.2 Å². The first kappa shape index (κ1) is 11.9. The van der Waals surface area contributed by atoms with Crippen molar-refractivity contribution < 1.29 is 23.8 Å². The highest BCUT2D eigenvalue weighted by Crippen LogP contribution is 2.59. The minimum atomic E-state index is -0.853. The van der Waals surface area contributed by atoms with E-state index >= 15 is 0 Å². The van der Waals surface area contributed by atoms with Crippen LogP contribution in [0.1, 0.15) is 13.8 Å². The number of carbonyl (C=O) groups excluding carboxylic acids is 2. The van der Waals surface area contributed by atoms with Crippen LogP contribution in [0.15, 0.2) is 12.2 Å². The Morgan fingerprint density at radius 2 is 1.50 bits per heavy atom. The zero-order valence-electron chi connectivity index (χ0n) is 10.4. The van der Waals surface area contributed by atoms with Crippen molar-refractivity contribution in [2.24, 2.45) is 23.7 Å². The van der Waals surface area contributed by atoms with Gasteiger partial charge in [0.1, 0.15) is 0 Å². The average Bonchev–Trinajstić information content (AvgIpc) is 2.90. The zero-order valence-corrected chi connectivity index (χ0v) is 10.4. The zero-order chi connectivity index (χ0) is 12.9. The molecule has 0 aromatic heterocycles. The van der Waals surface area contributed by atoms with Crippen LogP contribution in [-0.2, 0) is 23.8 Å². The van der Waals surface area contributed by atoms with Crippen LogP contribution in [0.4, 0.5) is 0 Å². The van der Waals surface area contributed by atoms with Crippen molar-refractivity contribution in [3.8, 4) is 0 Å². The van der Waals surface area contributed by atoms with Crippen LogP contribution in [0.2, 0.25) is 0 Å². The molecule has 0 N–H and O–H groups in total. The highest BCUT2D eigenvalue weighted by Gasteiger charge is 2.71. The molecule has 1 heterocycles. The summed E-state index contributed by atoms with van der Waals surface area (Å²) in [4.78, 5) is 23.5. The van der Waals surface area contributed by atoms with Gasteiger partial charge in [0, 0.05) is 25.0 Å². The molecular weight excluding hydrogens is 236 g/mol. The summed E-state index contributed by atoms with van der Waals surface area (Å²) < 4.78 is 16.3. The van der Waals surface area contributed by atoms with Gasteiger partial charge in [0.05, 0.1) is 11.8 Å². The third-order valence-electron chi connectivity index (χ3n) is 4.10. The summed E-state index contributed by atoms with van der Waals surface area (Å²) in [6.45, 7) is 4.73. The van der Waals surface area contributed by atoms with Gasteiger partial charge in [0.2, 0.25) is 0 Å². The van der Waals surface area contributed by atoms with E-state index in [1.54, 1.807) is 0 Å². The lowest BCUT2D eigenvalue weighted by Gasteiger charge is -2.35. The van der Waals surface area contributed by atoms with E-state index in [9.17, 15) is 9.59 Å². The second-order valence-electron chi connectivity index (χ2n) is 4.82. The number of fused-ring (bicyclic) bond motifs is 5. The smallest absolute Gasteiger partial charge is 0.318 e. The SMILES string of the molecule is CCOC1(OCC)[C@H]2C=C[C@H]1[C@H]1C(=O)OC(=O)[C@@H]12. The van der Waals surface area contributed by atoms with Crippen molar-refractivity contribution >= 4 is 11.9 Å². The highest BCUT2D eigenvalue weighted by atomic mass is 16.7. The molecule has 18 heavy (non-hydrogen) atoms. The molecule has 0 radical (unpaired) electrons. The molecule has 1 saturated carbocycles. The van der Waals surface area contributed by atoms with Gasteiger partial charge in [-0.1, -0.05) is 12.2 Å². The van der Waals surface area contributed by atoms with E-state index in [1.165, 1.54) is 0 Å². The molecule has 0 aromatic rings. The first-order valence-electron chi connectivity index (χ1n) is 6.37. The fraction of sp³-hybridized carbons (Fsp3) is 0.692. The molecule has 0 amide bonds. The Balaban J connectivity index is 2.01. The predicted molar refractivity (Wildman–Crippen MR) is 60.2 cm³/mol. The molecule has 2 bridgehead atoms. The topological polar surface area (TPSA) is 61.8 Å². The molecule has 0 spiro atoms. The fourth-order valence-corrected chi connectivity index (χ4v) is 3.62. The van der Waals surface area contributed by atoms with Gasteiger partial charge in [-0.2, -0.15) is 0 Å². The first-order chi connectivity index (χ1) is 8.65. The van der Waals surface area contributed by atoms with E-state index in [4.69, 9.17) is 14.2 Å². The molecule has 0 aromatic carbocycles. The Morgan fingerprint density at radius 1 is 1.06 bits per heavy atom. The molecular formula is C13H16O5. The van der Waals surface area contributed by atoms with Crippen LogP contribution in [0.25, 0.3) is 0 Å². The first-order valence-corrected chi connectivity index (χ1v) is 6.37. The lowest BCUT2D eigenvalue weighted by Crippen LogP contribution is -2.44. The Kier molecular flexibility index (Phi) is 2.57. The predicted octanol–water partition coefficient (Wildman–Crippen LogP) is 0.887. The molecule has 1 saturated heterocycles. The Hall–Kier alpha value is -1.20. The monoisotopic (exact) mass is 252 g/mol. The summed E-state index contributed by atoms with van der Waals surface area (Å²) in [7, 11) is 0. The minimum absolute atomic E-state index is 0.216. The molecule has 1 aliphatic heterocycles. The number of hydrogen-bond donors (Lipinski definition) is 0. The van der Waals surface area contributed by atoms with Crippen molar-refractivity contribution in [1.82, 2.24) is 0 Å². The summed E-state index contributed by atoms with van der Waals surface area (Å²) in [5.74, 6) is -3.04. The third-order valence-corrected chi connectivity index (χ3v) is 4.10. The average molecular weight is 252 g/mol. The molecule has 4 atom stereocenters. The maximum Gasteiger partial charge on any atom is 0.318 e. The van der Waals surface area contributed by atoms with Crippen LogP contribution >= 0.6 is 0 Å². The maximum atomic E-state index is 11.8. The summed E-state index contributed by atoms with van der Waals surface area (Å²) in [5.41, 5.74) is 0. The number of cyclic esters (lactones) is 2. The molecule has 98 valence electrons. The molecule has 3 rings (SSSR count). The summed E-state index contributed by atoms with van der Waals surface area (Å²) in [5, 5.41) is 0. The molecule has 0 unspecified atom stereocenters. The van der Waals surface area contributed by atoms with Gasteiger partial charge in [0.25, 0.3) is 0 Å². The van der Waals surface area contributed by atoms with Crippen LogP contribution in [0, 0.1) is 23.7 Å². The Labute approximate surface area is 105 Å². The van der Waals surface area contributed by atoms with E-state index in [2.05, 4.69) is 0 Å². The van der Waals surface area contributed by atoms with Gasteiger partial charge in [-0.25, -0.2) is 0 Å². The summed E-state index contributed by atoms with van der Waals surface area (Å²) >= 11 is 0. The summed E-state index contributed by atoms with van der Waals surface area (Å²) in [6, 6.07) is 0. The fourth-order valence-electron chi connectivity index (χ4n) is 3.62. The quantitative estimate of drug-likeness (QED) is 0.322. The normalized spacial score (nSPS) is 39.2. The van der Waals surface area contributed by atoms with Crippen molar-refractivity contribution in [2.45, 2.75) is 19.6 Å². The Morgan fingerprint density at radius 3 is 1.89 bits per heavy atom. The van der Waals surface area contributed by atoms with Crippen LogP contribution in [0.3, 0.4) is 0 Å². The van der Waals surface area contributed by atoms with Crippen molar-refractivity contribution in [1.29, 1.82) is 0 Å². The van der Waals surface area contributed by atoms with Crippen LogP contribution in [-0.4, -0.2) is 30.9 Å². The van der Waals surface area contributed by atoms with Gasteiger partial charge in [-0.15, -0.1) is 0 Å². The molecule has 5 heteroatoms.